The van der Waals surface area contributed by atoms with Crippen LogP contribution in [-0.4, -0.2) is 11.9 Å². The summed E-state index contributed by atoms with van der Waals surface area (Å²) in [5, 5.41) is 0. The molecule has 0 radical (unpaired) electrons. The maximum atomic E-state index is 11.6. The maximum absolute atomic E-state index is 11.6. The van der Waals surface area contributed by atoms with E-state index < -0.39 is 11.9 Å². The first-order valence-electron chi connectivity index (χ1n) is 8.36. The van der Waals surface area contributed by atoms with Gasteiger partial charge in [0.1, 0.15) is 0 Å². The van der Waals surface area contributed by atoms with Gasteiger partial charge in [-0.05, 0) is 29.2 Å². The molecule has 2 aliphatic rings. The van der Waals surface area contributed by atoms with E-state index >= 15 is 0 Å². The molecule has 0 saturated heterocycles. The van der Waals surface area contributed by atoms with Crippen LogP contribution in [0.2, 0.25) is 0 Å². The SMILES string of the molecule is CC(=O)Oc1cc(-c2ccccc2)c2c(c1OC(C)=O)C1C=CC2C1. The van der Waals surface area contributed by atoms with Crippen molar-refractivity contribution in [1.29, 1.82) is 0 Å². The largest absolute Gasteiger partial charge is 0.423 e. The molecule has 2 aromatic carbocycles. The Morgan fingerprint density at radius 2 is 1.56 bits per heavy atom. The van der Waals surface area contributed by atoms with E-state index in [2.05, 4.69) is 12.2 Å². The van der Waals surface area contributed by atoms with Gasteiger partial charge in [0.15, 0.2) is 11.5 Å². The minimum atomic E-state index is -0.439. The van der Waals surface area contributed by atoms with Gasteiger partial charge in [0.05, 0.1) is 0 Å². The standard InChI is InChI=1S/C21H18O4/c1-12(22)24-18-11-17(14-6-4-3-5-7-14)19-15-8-9-16(10-15)20(19)21(18)25-13(2)23/h3-9,11,15-16H,10H2,1-2H3. The average molecular weight is 334 g/mol. The number of fused-ring (bicyclic) bond motifs is 5. The lowest BCUT2D eigenvalue weighted by atomic mass is 9.88. The molecular formula is C21H18O4. The molecule has 0 aliphatic heterocycles. The lowest BCUT2D eigenvalue weighted by molar-refractivity contribution is -0.134. The quantitative estimate of drug-likeness (QED) is 0.476. The maximum Gasteiger partial charge on any atom is 0.308 e. The molecule has 0 N–H and O–H groups in total. The zero-order chi connectivity index (χ0) is 17.6. The second-order valence-electron chi connectivity index (χ2n) is 6.47. The van der Waals surface area contributed by atoms with Gasteiger partial charge in [-0.25, -0.2) is 0 Å². The Balaban J connectivity index is 1.98. The number of hydrogen-bond donors (Lipinski definition) is 0. The van der Waals surface area contributed by atoms with Crippen molar-refractivity contribution < 1.29 is 19.1 Å². The Morgan fingerprint density at radius 3 is 2.20 bits per heavy atom. The number of rotatable bonds is 3. The van der Waals surface area contributed by atoms with Crippen LogP contribution in [-0.2, 0) is 9.59 Å². The van der Waals surface area contributed by atoms with E-state index in [1.54, 1.807) is 0 Å². The first kappa shape index (κ1) is 15.6. The predicted molar refractivity (Wildman–Crippen MR) is 93.7 cm³/mol. The Bertz CT molecular complexity index is 896. The van der Waals surface area contributed by atoms with Crippen LogP contribution in [0.4, 0.5) is 0 Å². The normalized spacial score (nSPS) is 19.6. The first-order chi connectivity index (χ1) is 12.0. The fourth-order valence-electron chi connectivity index (χ4n) is 3.91. The molecule has 126 valence electrons. The van der Waals surface area contributed by atoms with Gasteiger partial charge in [0, 0.05) is 31.2 Å². The van der Waals surface area contributed by atoms with Gasteiger partial charge in [-0.3, -0.25) is 9.59 Å². The number of carbonyl (C=O) groups excluding carboxylic acids is 2. The van der Waals surface area contributed by atoms with Crippen LogP contribution in [0.1, 0.15) is 43.2 Å². The molecule has 2 bridgehead atoms. The van der Waals surface area contributed by atoms with E-state index in [-0.39, 0.29) is 5.92 Å². The average Bonchev–Trinajstić information content (AvgIpc) is 3.18. The molecule has 2 aromatic rings. The molecule has 0 aromatic heterocycles. The Hall–Kier alpha value is -2.88. The van der Waals surface area contributed by atoms with Crippen molar-refractivity contribution in [3.63, 3.8) is 0 Å². The minimum Gasteiger partial charge on any atom is -0.423 e. The highest BCUT2D eigenvalue weighted by molar-refractivity contribution is 5.82. The lowest BCUT2D eigenvalue weighted by Gasteiger charge is -2.21. The summed E-state index contributed by atoms with van der Waals surface area (Å²) in [6, 6.07) is 11.8. The molecule has 0 heterocycles. The second kappa shape index (κ2) is 5.88. The van der Waals surface area contributed by atoms with Crippen LogP contribution < -0.4 is 9.47 Å². The Labute approximate surface area is 146 Å². The van der Waals surface area contributed by atoms with Crippen LogP contribution in [0.25, 0.3) is 11.1 Å². The summed E-state index contributed by atoms with van der Waals surface area (Å²) >= 11 is 0. The zero-order valence-electron chi connectivity index (χ0n) is 14.1. The topological polar surface area (TPSA) is 52.6 Å². The van der Waals surface area contributed by atoms with E-state index in [4.69, 9.17) is 9.47 Å². The van der Waals surface area contributed by atoms with Gasteiger partial charge in [-0.1, -0.05) is 42.5 Å². The van der Waals surface area contributed by atoms with Crippen molar-refractivity contribution in [2.75, 3.05) is 0 Å². The molecule has 4 rings (SSSR count). The minimum absolute atomic E-state index is 0.187. The summed E-state index contributed by atoms with van der Waals surface area (Å²) < 4.78 is 10.9. The Morgan fingerprint density at radius 1 is 0.920 bits per heavy atom. The summed E-state index contributed by atoms with van der Waals surface area (Å²) in [7, 11) is 0. The summed E-state index contributed by atoms with van der Waals surface area (Å²) in [5.41, 5.74) is 4.23. The van der Waals surface area contributed by atoms with E-state index in [1.165, 1.54) is 19.4 Å². The summed E-state index contributed by atoms with van der Waals surface area (Å²) in [6.45, 7) is 2.71. The van der Waals surface area contributed by atoms with Gasteiger partial charge >= 0.3 is 11.9 Å². The van der Waals surface area contributed by atoms with Gasteiger partial charge in [-0.15, -0.1) is 0 Å². The molecule has 4 nitrogen and oxygen atoms in total. The zero-order valence-corrected chi connectivity index (χ0v) is 14.1. The third kappa shape index (κ3) is 2.64. The highest BCUT2D eigenvalue weighted by atomic mass is 16.6. The van der Waals surface area contributed by atoms with E-state index in [1.807, 2.05) is 36.4 Å². The number of hydrogen-bond acceptors (Lipinski definition) is 4. The third-order valence-corrected chi connectivity index (χ3v) is 4.73. The summed E-state index contributed by atoms with van der Waals surface area (Å²) in [5.74, 6) is 0.319. The molecular weight excluding hydrogens is 316 g/mol. The van der Waals surface area contributed by atoms with Crippen molar-refractivity contribution in [1.82, 2.24) is 0 Å². The van der Waals surface area contributed by atoms with Crippen molar-refractivity contribution >= 4 is 11.9 Å². The molecule has 0 fully saturated rings. The van der Waals surface area contributed by atoms with Gasteiger partial charge < -0.3 is 9.47 Å². The van der Waals surface area contributed by atoms with Gasteiger partial charge in [-0.2, -0.15) is 0 Å². The molecule has 0 saturated carbocycles. The third-order valence-electron chi connectivity index (χ3n) is 4.73. The van der Waals surface area contributed by atoms with Crippen molar-refractivity contribution in [2.45, 2.75) is 32.1 Å². The smallest absolute Gasteiger partial charge is 0.308 e. The highest BCUT2D eigenvalue weighted by Crippen LogP contribution is 2.57. The van der Waals surface area contributed by atoms with E-state index in [0.29, 0.717) is 17.4 Å². The molecule has 25 heavy (non-hydrogen) atoms. The Kier molecular flexibility index (Phi) is 3.68. The number of allylic oxidation sites excluding steroid dienone is 2. The van der Waals surface area contributed by atoms with Crippen molar-refractivity contribution in [2.24, 2.45) is 0 Å². The summed E-state index contributed by atoms with van der Waals surface area (Å²) in [6.07, 6.45) is 5.32. The highest BCUT2D eigenvalue weighted by Gasteiger charge is 2.39. The predicted octanol–water partition coefficient (Wildman–Crippen LogP) is 4.34. The van der Waals surface area contributed by atoms with Crippen LogP contribution in [0.3, 0.4) is 0 Å². The molecule has 2 aliphatic carbocycles. The fourth-order valence-corrected chi connectivity index (χ4v) is 3.91. The molecule has 0 spiro atoms. The molecule has 4 heteroatoms. The second-order valence-corrected chi connectivity index (χ2v) is 6.47. The summed E-state index contributed by atoms with van der Waals surface area (Å²) in [4.78, 5) is 23.2. The first-order valence-corrected chi connectivity index (χ1v) is 8.36. The number of ether oxygens (including phenoxy) is 2. The molecule has 2 unspecified atom stereocenters. The monoisotopic (exact) mass is 334 g/mol. The van der Waals surface area contributed by atoms with Crippen LogP contribution in [0, 0.1) is 0 Å². The molecule has 0 amide bonds. The molecule has 2 atom stereocenters. The van der Waals surface area contributed by atoms with E-state index in [9.17, 15) is 9.59 Å². The van der Waals surface area contributed by atoms with E-state index in [0.717, 1.165) is 23.1 Å². The van der Waals surface area contributed by atoms with Crippen LogP contribution >= 0.6 is 0 Å². The lowest BCUT2D eigenvalue weighted by Crippen LogP contribution is -2.11. The number of esters is 2. The van der Waals surface area contributed by atoms with Crippen molar-refractivity contribution in [3.8, 4) is 22.6 Å². The number of carbonyl (C=O) groups is 2. The van der Waals surface area contributed by atoms with Crippen LogP contribution in [0.15, 0.2) is 48.6 Å². The fraction of sp³-hybridized carbons (Fsp3) is 0.238. The van der Waals surface area contributed by atoms with Crippen molar-refractivity contribution in [3.05, 3.63) is 59.7 Å². The van der Waals surface area contributed by atoms with Crippen LogP contribution in [0.5, 0.6) is 11.5 Å². The van der Waals surface area contributed by atoms with Gasteiger partial charge in [0.25, 0.3) is 0 Å². The van der Waals surface area contributed by atoms with Gasteiger partial charge in [0.2, 0.25) is 0 Å². The number of benzene rings is 2.